The Balaban J connectivity index is 1.52. The summed E-state index contributed by atoms with van der Waals surface area (Å²) in [7, 11) is 4.99. The molecular formula is C23H34N2O5. The van der Waals surface area contributed by atoms with Crippen molar-refractivity contribution in [1.82, 2.24) is 9.80 Å². The van der Waals surface area contributed by atoms with Gasteiger partial charge >= 0.3 is 0 Å². The van der Waals surface area contributed by atoms with Crippen LogP contribution in [0.2, 0.25) is 0 Å². The Bertz CT molecular complexity index is 753. The zero-order chi connectivity index (χ0) is 21.7. The van der Waals surface area contributed by atoms with Gasteiger partial charge in [0.25, 0.3) is 0 Å². The van der Waals surface area contributed by atoms with Crippen LogP contribution in [0.4, 0.5) is 0 Å². The van der Waals surface area contributed by atoms with Crippen molar-refractivity contribution >= 4 is 11.8 Å². The second kappa shape index (κ2) is 10.2. The number of hydrogen-bond acceptors (Lipinski definition) is 5. The van der Waals surface area contributed by atoms with Crippen LogP contribution in [0, 0.1) is 11.8 Å². The molecule has 3 rings (SSSR count). The van der Waals surface area contributed by atoms with Gasteiger partial charge in [-0.15, -0.1) is 0 Å². The molecule has 1 aromatic rings. The maximum atomic E-state index is 12.9. The first kappa shape index (κ1) is 22.4. The number of amides is 2. The predicted octanol–water partition coefficient (Wildman–Crippen LogP) is 2.10. The summed E-state index contributed by atoms with van der Waals surface area (Å²) in [5, 5.41) is 10.2. The monoisotopic (exact) mass is 418 g/mol. The Hall–Kier alpha value is -2.28. The molecule has 0 aromatic heterocycles. The Kier molecular flexibility index (Phi) is 7.58. The van der Waals surface area contributed by atoms with Gasteiger partial charge in [0.15, 0.2) is 11.5 Å². The predicted molar refractivity (Wildman–Crippen MR) is 114 cm³/mol. The molecule has 30 heavy (non-hydrogen) atoms. The number of likely N-dealkylation sites (tertiary alicyclic amines) is 1. The van der Waals surface area contributed by atoms with E-state index in [4.69, 9.17) is 9.47 Å². The van der Waals surface area contributed by atoms with Crippen LogP contribution in [0.25, 0.3) is 0 Å². The number of methoxy groups -OCH3 is 2. The van der Waals surface area contributed by atoms with E-state index in [1.54, 1.807) is 31.1 Å². The lowest BCUT2D eigenvalue weighted by molar-refractivity contribution is -0.135. The van der Waals surface area contributed by atoms with E-state index in [0.29, 0.717) is 37.6 Å². The van der Waals surface area contributed by atoms with E-state index in [2.05, 4.69) is 0 Å². The van der Waals surface area contributed by atoms with Crippen molar-refractivity contribution in [3.8, 4) is 11.5 Å². The number of aliphatic hydroxyl groups is 1. The van der Waals surface area contributed by atoms with Crippen molar-refractivity contribution < 1.29 is 24.2 Å². The van der Waals surface area contributed by atoms with E-state index in [9.17, 15) is 14.7 Å². The number of rotatable bonds is 8. The number of nitrogens with zero attached hydrogens (tertiary/aromatic N) is 2. The highest BCUT2D eigenvalue weighted by Gasteiger charge is 2.36. The number of carbonyl (C=O) groups excluding carboxylic acids is 2. The van der Waals surface area contributed by atoms with Crippen molar-refractivity contribution in [2.45, 2.75) is 44.6 Å². The first-order chi connectivity index (χ1) is 14.4. The van der Waals surface area contributed by atoms with Gasteiger partial charge in [-0.3, -0.25) is 9.59 Å². The highest BCUT2D eigenvalue weighted by atomic mass is 16.5. The minimum Gasteiger partial charge on any atom is -0.493 e. The van der Waals surface area contributed by atoms with Gasteiger partial charge < -0.3 is 24.4 Å². The average Bonchev–Trinajstić information content (AvgIpc) is 3.13. The van der Waals surface area contributed by atoms with Crippen LogP contribution in [-0.4, -0.2) is 73.7 Å². The van der Waals surface area contributed by atoms with Crippen LogP contribution in [0.15, 0.2) is 18.2 Å². The van der Waals surface area contributed by atoms with E-state index in [-0.39, 0.29) is 36.2 Å². The fourth-order valence-corrected chi connectivity index (χ4v) is 4.61. The van der Waals surface area contributed by atoms with Gasteiger partial charge in [-0.05, 0) is 37.0 Å². The van der Waals surface area contributed by atoms with Gasteiger partial charge in [0, 0.05) is 39.0 Å². The second-order valence-corrected chi connectivity index (χ2v) is 8.51. The van der Waals surface area contributed by atoms with Crippen molar-refractivity contribution in [1.29, 1.82) is 0 Å². The van der Waals surface area contributed by atoms with Gasteiger partial charge in [0.2, 0.25) is 11.8 Å². The minimum absolute atomic E-state index is 0.00902. The molecule has 7 heteroatoms. The Morgan fingerprint density at radius 1 is 1.20 bits per heavy atom. The highest BCUT2D eigenvalue weighted by molar-refractivity contribution is 5.89. The maximum absolute atomic E-state index is 12.9. The lowest BCUT2D eigenvalue weighted by Crippen LogP contribution is -2.41. The molecule has 0 radical (unpaired) electrons. The van der Waals surface area contributed by atoms with Gasteiger partial charge in [-0.25, -0.2) is 0 Å². The molecule has 1 saturated carbocycles. The van der Waals surface area contributed by atoms with Crippen LogP contribution >= 0.6 is 0 Å². The summed E-state index contributed by atoms with van der Waals surface area (Å²) in [6.07, 6.45) is 4.58. The van der Waals surface area contributed by atoms with Crippen LogP contribution < -0.4 is 9.47 Å². The first-order valence-corrected chi connectivity index (χ1v) is 10.8. The van der Waals surface area contributed by atoms with E-state index in [1.165, 1.54) is 0 Å². The minimum atomic E-state index is -0.322. The fourth-order valence-electron chi connectivity index (χ4n) is 4.61. The molecule has 1 aromatic carbocycles. The zero-order valence-corrected chi connectivity index (χ0v) is 18.3. The van der Waals surface area contributed by atoms with Crippen molar-refractivity contribution in [3.63, 3.8) is 0 Å². The number of ether oxygens (including phenoxy) is 2. The summed E-state index contributed by atoms with van der Waals surface area (Å²) in [6.45, 7) is 1.60. The lowest BCUT2D eigenvalue weighted by Gasteiger charge is -2.32. The molecule has 2 aliphatic rings. The number of hydrogen-bond donors (Lipinski definition) is 1. The number of aliphatic hydroxyl groups excluding tert-OH is 1. The standard InChI is InChI=1S/C23H34N2O5/c1-24(14-17-6-4-5-7-19(17)26)23(28)18-13-22(27)25(15-18)11-10-16-8-9-20(29-2)21(12-16)30-3/h8-9,12,17-19,26H,4-7,10-11,13-15H2,1-3H3/t17-,18+,19-/m0/s1. The SMILES string of the molecule is COc1ccc(CCN2C[C@H](C(=O)N(C)C[C@@H]3CCCC[C@@H]3O)CC2=O)cc1OC. The molecule has 1 N–H and O–H groups in total. The Labute approximate surface area is 178 Å². The molecule has 1 aliphatic heterocycles. The lowest BCUT2D eigenvalue weighted by atomic mass is 9.86. The third kappa shape index (κ3) is 5.25. The van der Waals surface area contributed by atoms with Crippen LogP contribution in [-0.2, 0) is 16.0 Å². The fraction of sp³-hybridized carbons (Fsp3) is 0.652. The van der Waals surface area contributed by atoms with Gasteiger partial charge in [0.05, 0.1) is 26.2 Å². The molecular weight excluding hydrogens is 384 g/mol. The number of benzene rings is 1. The second-order valence-electron chi connectivity index (χ2n) is 8.51. The van der Waals surface area contributed by atoms with E-state index in [1.807, 2.05) is 18.2 Å². The molecule has 166 valence electrons. The molecule has 2 amide bonds. The summed E-state index contributed by atoms with van der Waals surface area (Å²) in [5.74, 6) is 1.23. The summed E-state index contributed by atoms with van der Waals surface area (Å²) in [4.78, 5) is 28.8. The van der Waals surface area contributed by atoms with Gasteiger partial charge in [0.1, 0.15) is 0 Å². The third-order valence-electron chi connectivity index (χ3n) is 6.44. The van der Waals surface area contributed by atoms with Crippen molar-refractivity contribution in [2.75, 3.05) is 40.9 Å². The van der Waals surface area contributed by atoms with Crippen molar-refractivity contribution in [2.24, 2.45) is 11.8 Å². The van der Waals surface area contributed by atoms with Gasteiger partial charge in [-0.2, -0.15) is 0 Å². The Morgan fingerprint density at radius 3 is 2.63 bits per heavy atom. The maximum Gasteiger partial charge on any atom is 0.227 e. The molecule has 1 aliphatic carbocycles. The molecule has 0 bridgehead atoms. The highest BCUT2D eigenvalue weighted by Crippen LogP contribution is 2.29. The largest absolute Gasteiger partial charge is 0.493 e. The molecule has 1 heterocycles. The average molecular weight is 419 g/mol. The molecule has 0 spiro atoms. The summed E-state index contributed by atoms with van der Waals surface area (Å²) in [5.41, 5.74) is 1.05. The van der Waals surface area contributed by atoms with Crippen LogP contribution in [0.3, 0.4) is 0 Å². The molecule has 3 atom stereocenters. The quantitative estimate of drug-likeness (QED) is 0.700. The molecule has 2 fully saturated rings. The van der Waals surface area contributed by atoms with E-state index >= 15 is 0 Å². The smallest absolute Gasteiger partial charge is 0.227 e. The normalized spacial score (nSPS) is 24.1. The molecule has 0 unspecified atom stereocenters. The Morgan fingerprint density at radius 2 is 1.93 bits per heavy atom. The van der Waals surface area contributed by atoms with Crippen LogP contribution in [0.1, 0.15) is 37.7 Å². The van der Waals surface area contributed by atoms with Crippen LogP contribution in [0.5, 0.6) is 11.5 Å². The summed E-state index contributed by atoms with van der Waals surface area (Å²) in [6, 6.07) is 5.75. The van der Waals surface area contributed by atoms with Gasteiger partial charge in [-0.1, -0.05) is 18.9 Å². The molecule has 7 nitrogen and oxygen atoms in total. The first-order valence-electron chi connectivity index (χ1n) is 10.8. The third-order valence-corrected chi connectivity index (χ3v) is 6.44. The topological polar surface area (TPSA) is 79.3 Å². The van der Waals surface area contributed by atoms with E-state index < -0.39 is 0 Å². The zero-order valence-electron chi connectivity index (χ0n) is 18.3. The summed E-state index contributed by atoms with van der Waals surface area (Å²) < 4.78 is 10.6. The number of carbonyl (C=O) groups is 2. The molecule has 1 saturated heterocycles. The summed E-state index contributed by atoms with van der Waals surface area (Å²) >= 11 is 0. The van der Waals surface area contributed by atoms with E-state index in [0.717, 1.165) is 31.2 Å². The van der Waals surface area contributed by atoms with Crippen molar-refractivity contribution in [3.05, 3.63) is 23.8 Å².